The van der Waals surface area contributed by atoms with Crippen molar-refractivity contribution in [2.45, 2.75) is 31.9 Å². The highest BCUT2D eigenvalue weighted by atomic mass is 16.4. The molecule has 0 bridgehead atoms. The van der Waals surface area contributed by atoms with Gasteiger partial charge in [-0.25, -0.2) is 0 Å². The summed E-state index contributed by atoms with van der Waals surface area (Å²) in [5.41, 5.74) is 0.637. The van der Waals surface area contributed by atoms with Gasteiger partial charge < -0.3 is 24.8 Å². The molecule has 154 valence electrons. The zero-order chi connectivity index (χ0) is 20.4. The fourth-order valence-corrected chi connectivity index (χ4v) is 4.32. The van der Waals surface area contributed by atoms with Gasteiger partial charge in [0.2, 0.25) is 5.91 Å². The number of aliphatic hydroxyl groups excluding tert-OH is 2. The summed E-state index contributed by atoms with van der Waals surface area (Å²) in [5.74, 6) is 0.477. The predicted octanol–water partition coefficient (Wildman–Crippen LogP) is 1.34. The van der Waals surface area contributed by atoms with E-state index in [-0.39, 0.29) is 42.7 Å². The lowest BCUT2D eigenvalue weighted by Gasteiger charge is -2.31. The minimum atomic E-state index is -0.430. The zero-order valence-electron chi connectivity index (χ0n) is 16.2. The van der Waals surface area contributed by atoms with E-state index < -0.39 is 5.41 Å². The van der Waals surface area contributed by atoms with Gasteiger partial charge in [0.25, 0.3) is 5.91 Å². The first kappa shape index (κ1) is 19.7. The Labute approximate surface area is 169 Å². The molecule has 3 N–H and O–H groups in total. The summed E-state index contributed by atoms with van der Waals surface area (Å²) in [6.45, 7) is 0.649. The van der Waals surface area contributed by atoms with Gasteiger partial charge in [-0.15, -0.1) is 0 Å². The number of piperidine rings is 1. The van der Waals surface area contributed by atoms with E-state index in [1.165, 1.54) is 0 Å². The minimum absolute atomic E-state index is 0.0230. The van der Waals surface area contributed by atoms with Crippen LogP contribution in [0.4, 0.5) is 0 Å². The van der Waals surface area contributed by atoms with Gasteiger partial charge in [0.1, 0.15) is 12.4 Å². The maximum atomic E-state index is 12.9. The van der Waals surface area contributed by atoms with Gasteiger partial charge in [0, 0.05) is 13.1 Å². The van der Waals surface area contributed by atoms with E-state index in [4.69, 9.17) is 9.52 Å². The molecule has 7 heteroatoms. The second kappa shape index (κ2) is 8.00. The van der Waals surface area contributed by atoms with Crippen molar-refractivity contribution in [2.75, 3.05) is 19.7 Å². The van der Waals surface area contributed by atoms with Gasteiger partial charge >= 0.3 is 0 Å². The first-order valence-electron chi connectivity index (χ1n) is 10.0. The molecule has 2 heterocycles. The number of fused-ring (bicyclic) bond motifs is 1. The van der Waals surface area contributed by atoms with E-state index in [1.807, 2.05) is 30.3 Å². The third kappa shape index (κ3) is 3.93. The molecule has 0 spiro atoms. The SMILES string of the molecule is O=C(c1ccc(CO)o1)N1CCC2(C(=O)N[C@@H](CO)Cc3ccccc3)CC2C1. The van der Waals surface area contributed by atoms with Gasteiger partial charge in [-0.3, -0.25) is 9.59 Å². The van der Waals surface area contributed by atoms with E-state index >= 15 is 0 Å². The molecule has 7 nitrogen and oxygen atoms in total. The van der Waals surface area contributed by atoms with Crippen molar-refractivity contribution < 1.29 is 24.2 Å². The number of nitrogens with zero attached hydrogens (tertiary/aromatic N) is 1. The van der Waals surface area contributed by atoms with E-state index in [0.717, 1.165) is 12.0 Å². The van der Waals surface area contributed by atoms with Crippen LogP contribution in [0.15, 0.2) is 46.9 Å². The summed E-state index contributed by atoms with van der Waals surface area (Å²) in [6, 6.07) is 12.6. The predicted molar refractivity (Wildman–Crippen MR) is 105 cm³/mol. The highest BCUT2D eigenvalue weighted by Gasteiger charge is 2.62. The van der Waals surface area contributed by atoms with E-state index in [9.17, 15) is 14.7 Å². The Hall–Kier alpha value is -2.64. The number of likely N-dealkylation sites (tertiary alicyclic amines) is 1. The lowest BCUT2D eigenvalue weighted by atomic mass is 9.93. The van der Waals surface area contributed by atoms with Crippen molar-refractivity contribution in [3.05, 3.63) is 59.5 Å². The quantitative estimate of drug-likeness (QED) is 0.653. The topological polar surface area (TPSA) is 103 Å². The Morgan fingerprint density at radius 1 is 1.21 bits per heavy atom. The summed E-state index contributed by atoms with van der Waals surface area (Å²) in [5, 5.41) is 21.8. The smallest absolute Gasteiger partial charge is 0.289 e. The van der Waals surface area contributed by atoms with Gasteiger partial charge in [-0.05, 0) is 42.9 Å². The second-order valence-electron chi connectivity index (χ2n) is 8.03. The van der Waals surface area contributed by atoms with Crippen LogP contribution < -0.4 is 5.32 Å². The maximum absolute atomic E-state index is 12.9. The molecule has 1 aliphatic heterocycles. The molecule has 4 rings (SSSR count). The number of amides is 2. The molecule has 1 aromatic heterocycles. The van der Waals surface area contributed by atoms with Crippen molar-refractivity contribution in [1.29, 1.82) is 0 Å². The number of aliphatic hydroxyl groups is 2. The fraction of sp³-hybridized carbons (Fsp3) is 0.455. The number of carbonyl (C=O) groups is 2. The number of hydrogen-bond donors (Lipinski definition) is 3. The first-order valence-corrected chi connectivity index (χ1v) is 10.0. The average Bonchev–Trinajstić information content (AvgIpc) is 3.31. The van der Waals surface area contributed by atoms with Crippen LogP contribution in [-0.4, -0.2) is 52.7 Å². The molecular formula is C22H26N2O5. The van der Waals surface area contributed by atoms with Crippen LogP contribution in [0.25, 0.3) is 0 Å². The van der Waals surface area contributed by atoms with Crippen molar-refractivity contribution in [3.63, 3.8) is 0 Å². The lowest BCUT2D eigenvalue weighted by Crippen LogP contribution is -2.48. The number of nitrogens with one attached hydrogen (secondary N) is 1. The number of benzene rings is 1. The number of furan rings is 1. The Kier molecular flexibility index (Phi) is 5.43. The minimum Gasteiger partial charge on any atom is -0.453 e. The van der Waals surface area contributed by atoms with E-state index in [0.29, 0.717) is 31.7 Å². The van der Waals surface area contributed by atoms with Gasteiger partial charge in [-0.2, -0.15) is 0 Å². The van der Waals surface area contributed by atoms with Crippen LogP contribution in [0.2, 0.25) is 0 Å². The van der Waals surface area contributed by atoms with E-state index in [1.54, 1.807) is 17.0 Å². The van der Waals surface area contributed by atoms with Crippen LogP contribution in [0.5, 0.6) is 0 Å². The van der Waals surface area contributed by atoms with E-state index in [2.05, 4.69) is 5.32 Å². The van der Waals surface area contributed by atoms with Crippen LogP contribution >= 0.6 is 0 Å². The monoisotopic (exact) mass is 398 g/mol. The lowest BCUT2D eigenvalue weighted by molar-refractivity contribution is -0.129. The van der Waals surface area contributed by atoms with Crippen molar-refractivity contribution in [3.8, 4) is 0 Å². The largest absolute Gasteiger partial charge is 0.453 e. The molecule has 2 fully saturated rings. The summed E-state index contributed by atoms with van der Waals surface area (Å²) >= 11 is 0. The Morgan fingerprint density at radius 2 is 2.00 bits per heavy atom. The molecule has 0 radical (unpaired) electrons. The number of hydrogen-bond acceptors (Lipinski definition) is 5. The van der Waals surface area contributed by atoms with Crippen LogP contribution in [-0.2, 0) is 17.8 Å². The zero-order valence-corrected chi connectivity index (χ0v) is 16.2. The maximum Gasteiger partial charge on any atom is 0.289 e. The Morgan fingerprint density at radius 3 is 2.66 bits per heavy atom. The molecule has 2 aliphatic rings. The third-order valence-corrected chi connectivity index (χ3v) is 6.15. The normalized spacial score (nSPS) is 23.9. The number of rotatable bonds is 7. The highest BCUT2D eigenvalue weighted by Crippen LogP contribution is 2.58. The number of carbonyl (C=O) groups excluding carboxylic acids is 2. The first-order chi connectivity index (χ1) is 14.1. The summed E-state index contributed by atoms with van der Waals surface area (Å²) in [6.07, 6.45) is 1.94. The Bertz CT molecular complexity index is 880. The molecular weight excluding hydrogens is 372 g/mol. The molecule has 2 aromatic rings. The van der Waals surface area contributed by atoms with Crippen molar-refractivity contribution in [2.24, 2.45) is 11.3 Å². The highest BCUT2D eigenvalue weighted by molar-refractivity contribution is 5.92. The molecule has 1 aliphatic carbocycles. The van der Waals surface area contributed by atoms with Gasteiger partial charge in [0.05, 0.1) is 18.1 Å². The molecule has 1 aromatic carbocycles. The summed E-state index contributed by atoms with van der Waals surface area (Å²) in [7, 11) is 0. The fourth-order valence-electron chi connectivity index (χ4n) is 4.32. The summed E-state index contributed by atoms with van der Waals surface area (Å²) in [4.78, 5) is 27.3. The van der Waals surface area contributed by atoms with Gasteiger partial charge in [0.15, 0.2) is 5.76 Å². The van der Waals surface area contributed by atoms with Gasteiger partial charge in [-0.1, -0.05) is 30.3 Å². The third-order valence-electron chi connectivity index (χ3n) is 6.15. The van der Waals surface area contributed by atoms with Crippen LogP contribution in [0.3, 0.4) is 0 Å². The van der Waals surface area contributed by atoms with Crippen LogP contribution in [0, 0.1) is 11.3 Å². The molecule has 2 unspecified atom stereocenters. The Balaban J connectivity index is 1.34. The average molecular weight is 398 g/mol. The van der Waals surface area contributed by atoms with Crippen molar-refractivity contribution >= 4 is 11.8 Å². The standard InChI is InChI=1S/C22H26N2O5/c25-13-17(10-15-4-2-1-3-5-15)23-21(28)22-8-9-24(12-16(22)11-22)20(27)19-7-6-18(14-26)29-19/h1-7,16-17,25-26H,8-14H2,(H,23,28)/t16?,17-,22?/m1/s1. The molecule has 2 amide bonds. The van der Waals surface area contributed by atoms with Crippen LogP contribution in [0.1, 0.15) is 34.7 Å². The van der Waals surface area contributed by atoms with Crippen molar-refractivity contribution in [1.82, 2.24) is 10.2 Å². The molecule has 29 heavy (non-hydrogen) atoms. The molecule has 1 saturated heterocycles. The summed E-state index contributed by atoms with van der Waals surface area (Å²) < 4.78 is 5.34. The molecule has 1 saturated carbocycles. The second-order valence-corrected chi connectivity index (χ2v) is 8.03. The molecule has 3 atom stereocenters.